The lowest BCUT2D eigenvalue weighted by atomic mass is 10.0. The van der Waals surface area contributed by atoms with Crippen molar-refractivity contribution in [3.05, 3.63) is 113 Å². The van der Waals surface area contributed by atoms with Crippen molar-refractivity contribution in [1.29, 1.82) is 0 Å². The second kappa shape index (κ2) is 11.5. The van der Waals surface area contributed by atoms with E-state index < -0.39 is 6.04 Å². The second-order valence-electron chi connectivity index (χ2n) is 10.0. The predicted molar refractivity (Wildman–Crippen MR) is 155 cm³/mol. The Morgan fingerprint density at radius 1 is 0.897 bits per heavy atom. The van der Waals surface area contributed by atoms with E-state index in [0.717, 1.165) is 39.6 Å². The summed E-state index contributed by atoms with van der Waals surface area (Å²) in [5.74, 6) is -0.661. The van der Waals surface area contributed by atoms with Crippen LogP contribution in [0.3, 0.4) is 0 Å². The summed E-state index contributed by atoms with van der Waals surface area (Å²) in [5.41, 5.74) is 4.30. The summed E-state index contributed by atoms with van der Waals surface area (Å²) in [7, 11) is 0. The van der Waals surface area contributed by atoms with Crippen LogP contribution in [0.1, 0.15) is 40.4 Å². The minimum Gasteiger partial charge on any atom is -0.354 e. The summed E-state index contributed by atoms with van der Waals surface area (Å²) in [6.45, 7) is 4.65. The maximum atomic E-state index is 14.2. The number of nitrogens with one attached hydrogen (secondary N) is 1. The molecule has 4 aromatic carbocycles. The second-order valence-corrected chi connectivity index (χ2v) is 10.0. The van der Waals surface area contributed by atoms with Crippen molar-refractivity contribution in [1.82, 2.24) is 10.2 Å². The molecule has 6 nitrogen and oxygen atoms in total. The monoisotopic (exact) mass is 519 g/mol. The maximum absolute atomic E-state index is 14.2. The molecule has 198 valence electrons. The lowest BCUT2D eigenvalue weighted by Gasteiger charge is -2.33. The largest absolute Gasteiger partial charge is 0.354 e. The Labute approximate surface area is 229 Å². The fraction of sp³-hybridized carbons (Fsp3) is 0.242. The van der Waals surface area contributed by atoms with Crippen LogP contribution >= 0.6 is 0 Å². The number of hydrogen-bond donors (Lipinski definition) is 1. The molecule has 1 atom stereocenters. The summed E-state index contributed by atoms with van der Waals surface area (Å²) in [5, 5.41) is 4.84. The van der Waals surface area contributed by atoms with E-state index in [1.807, 2.05) is 98.8 Å². The van der Waals surface area contributed by atoms with Gasteiger partial charge < -0.3 is 10.2 Å². The van der Waals surface area contributed by atoms with Gasteiger partial charge in [0.1, 0.15) is 12.6 Å². The molecule has 0 radical (unpaired) electrons. The van der Waals surface area contributed by atoms with Gasteiger partial charge in [0, 0.05) is 30.5 Å². The van der Waals surface area contributed by atoms with Crippen LogP contribution in [0.25, 0.3) is 10.8 Å². The molecule has 0 aliphatic carbocycles. The Kier molecular flexibility index (Phi) is 7.73. The number of carbonyl (C=O) groups is 3. The minimum absolute atomic E-state index is 0.148. The van der Waals surface area contributed by atoms with Crippen LogP contribution in [0.4, 0.5) is 5.69 Å². The Bertz CT molecular complexity index is 1510. The molecule has 1 aliphatic heterocycles. The first-order valence-corrected chi connectivity index (χ1v) is 13.5. The van der Waals surface area contributed by atoms with Crippen LogP contribution in [0.15, 0.2) is 91.0 Å². The molecule has 5 rings (SSSR count). The zero-order valence-corrected chi connectivity index (χ0v) is 22.4. The van der Waals surface area contributed by atoms with E-state index in [0.29, 0.717) is 18.5 Å². The van der Waals surface area contributed by atoms with Gasteiger partial charge in [-0.05, 0) is 47.6 Å². The zero-order chi connectivity index (χ0) is 27.4. The van der Waals surface area contributed by atoms with Gasteiger partial charge in [-0.1, -0.05) is 85.8 Å². The molecule has 39 heavy (non-hydrogen) atoms. The number of hydrogen-bond acceptors (Lipinski definition) is 3. The molecule has 1 heterocycles. The van der Waals surface area contributed by atoms with Gasteiger partial charge in [0.15, 0.2) is 0 Å². The summed E-state index contributed by atoms with van der Waals surface area (Å²) in [4.78, 5) is 44.4. The molecule has 0 spiro atoms. The predicted octanol–water partition coefficient (Wildman–Crippen LogP) is 5.27. The molecule has 0 fully saturated rings. The fourth-order valence-corrected chi connectivity index (χ4v) is 5.25. The van der Waals surface area contributed by atoms with Crippen molar-refractivity contribution in [2.75, 3.05) is 18.0 Å². The van der Waals surface area contributed by atoms with E-state index in [1.165, 1.54) is 0 Å². The Balaban J connectivity index is 1.51. The zero-order valence-electron chi connectivity index (χ0n) is 22.4. The van der Waals surface area contributed by atoms with Gasteiger partial charge in [-0.25, -0.2) is 0 Å². The van der Waals surface area contributed by atoms with E-state index >= 15 is 0 Å². The van der Waals surface area contributed by atoms with Gasteiger partial charge in [-0.15, -0.1) is 0 Å². The lowest BCUT2D eigenvalue weighted by molar-refractivity contribution is -0.140. The Morgan fingerprint density at radius 2 is 1.62 bits per heavy atom. The van der Waals surface area contributed by atoms with Crippen molar-refractivity contribution >= 4 is 34.2 Å². The molecule has 6 heteroatoms. The average Bonchev–Trinajstić information content (AvgIpc) is 3.23. The summed E-state index contributed by atoms with van der Waals surface area (Å²) < 4.78 is 0. The van der Waals surface area contributed by atoms with Crippen LogP contribution < -0.4 is 10.2 Å². The third kappa shape index (κ3) is 5.41. The number of benzene rings is 4. The first-order valence-electron chi connectivity index (χ1n) is 13.5. The lowest BCUT2D eigenvalue weighted by Crippen LogP contribution is -2.53. The highest BCUT2D eigenvalue weighted by molar-refractivity contribution is 6.26. The highest BCUT2D eigenvalue weighted by Gasteiger charge is 2.35. The molecular formula is C33H33N3O3. The number of anilines is 1. The topological polar surface area (TPSA) is 69.7 Å². The van der Waals surface area contributed by atoms with E-state index in [4.69, 9.17) is 0 Å². The van der Waals surface area contributed by atoms with Gasteiger partial charge in [0.2, 0.25) is 11.8 Å². The quantitative estimate of drug-likeness (QED) is 0.310. The van der Waals surface area contributed by atoms with Crippen LogP contribution in [0, 0.1) is 6.92 Å². The summed E-state index contributed by atoms with van der Waals surface area (Å²) in [6.07, 6.45) is 1.16. The molecule has 1 N–H and O–H groups in total. The maximum Gasteiger partial charge on any atom is 0.259 e. The molecule has 0 bridgehead atoms. The number of carbonyl (C=O) groups excluding carboxylic acids is 3. The molecule has 1 aliphatic rings. The van der Waals surface area contributed by atoms with Gasteiger partial charge in [-0.3, -0.25) is 19.3 Å². The Hall–Kier alpha value is -4.45. The molecule has 3 amide bonds. The van der Waals surface area contributed by atoms with E-state index in [-0.39, 0.29) is 30.8 Å². The Morgan fingerprint density at radius 3 is 2.36 bits per heavy atom. The smallest absolute Gasteiger partial charge is 0.259 e. The highest BCUT2D eigenvalue weighted by atomic mass is 16.2. The van der Waals surface area contributed by atoms with Crippen molar-refractivity contribution in [3.8, 4) is 0 Å². The van der Waals surface area contributed by atoms with Crippen LogP contribution in [-0.4, -0.2) is 41.8 Å². The van der Waals surface area contributed by atoms with Crippen molar-refractivity contribution < 1.29 is 14.4 Å². The average molecular weight is 520 g/mol. The van der Waals surface area contributed by atoms with E-state index in [1.54, 1.807) is 15.9 Å². The molecular weight excluding hydrogens is 486 g/mol. The minimum atomic E-state index is -0.734. The van der Waals surface area contributed by atoms with E-state index in [2.05, 4.69) is 5.32 Å². The summed E-state index contributed by atoms with van der Waals surface area (Å²) in [6, 6.07) is 28.3. The number of amides is 3. The molecule has 1 unspecified atom stereocenters. The normalized spacial score (nSPS) is 13.0. The standard InChI is InChI=1S/C33H33N3O3/c1-3-19-34-32(38)29(20-24-12-5-4-6-13-24)35(21-26-14-8-7-11-23(26)2)30(37)22-36-28-18-10-16-25-15-9-17-27(31(25)28)33(36)39/h4-18,29H,3,19-22H2,1-2H3,(H,34,38). The van der Waals surface area contributed by atoms with Gasteiger partial charge in [-0.2, -0.15) is 0 Å². The third-order valence-corrected chi connectivity index (χ3v) is 7.36. The van der Waals surface area contributed by atoms with Crippen LogP contribution in [0.2, 0.25) is 0 Å². The van der Waals surface area contributed by atoms with Crippen LogP contribution in [-0.2, 0) is 22.6 Å². The van der Waals surface area contributed by atoms with Gasteiger partial charge >= 0.3 is 0 Å². The number of aryl methyl sites for hydroxylation is 1. The highest BCUT2D eigenvalue weighted by Crippen LogP contribution is 2.37. The third-order valence-electron chi connectivity index (χ3n) is 7.36. The first-order chi connectivity index (χ1) is 19.0. The molecule has 0 saturated heterocycles. The molecule has 0 saturated carbocycles. The first kappa shape index (κ1) is 26.2. The SMILES string of the molecule is CCCNC(=O)C(Cc1ccccc1)N(Cc1ccccc1C)C(=O)CN1C(=O)c2cccc3cccc1c23. The van der Waals surface area contributed by atoms with Gasteiger partial charge in [0.05, 0.1) is 5.69 Å². The number of rotatable bonds is 10. The van der Waals surface area contributed by atoms with Crippen molar-refractivity contribution in [2.24, 2.45) is 0 Å². The molecule has 0 aromatic heterocycles. The molecule has 4 aromatic rings. The van der Waals surface area contributed by atoms with Crippen molar-refractivity contribution in [2.45, 2.75) is 39.3 Å². The fourth-order valence-electron chi connectivity index (χ4n) is 5.25. The van der Waals surface area contributed by atoms with Crippen LogP contribution in [0.5, 0.6) is 0 Å². The van der Waals surface area contributed by atoms with Crippen molar-refractivity contribution in [3.63, 3.8) is 0 Å². The van der Waals surface area contributed by atoms with Gasteiger partial charge in [0.25, 0.3) is 5.91 Å². The van der Waals surface area contributed by atoms with E-state index in [9.17, 15) is 14.4 Å². The summed E-state index contributed by atoms with van der Waals surface area (Å²) >= 11 is 0. The number of nitrogens with zero attached hydrogens (tertiary/aromatic N) is 2.